The van der Waals surface area contributed by atoms with Gasteiger partial charge in [-0.3, -0.25) is 19.6 Å². The van der Waals surface area contributed by atoms with Gasteiger partial charge in [-0.25, -0.2) is 14.6 Å². The lowest BCUT2D eigenvalue weighted by Crippen LogP contribution is -2.50. The number of pyridine rings is 1. The molecule has 192 valence electrons. The Bertz CT molecular complexity index is 1680. The van der Waals surface area contributed by atoms with Gasteiger partial charge >= 0.3 is 0 Å². The zero-order valence-corrected chi connectivity index (χ0v) is 20.1. The number of H-pyrrole nitrogens is 2. The van der Waals surface area contributed by atoms with Crippen molar-refractivity contribution in [2.24, 2.45) is 0 Å². The minimum absolute atomic E-state index is 0.0635. The standard InChI is InChI=1S/C25H22N8O5/c1-37-20-13-15(4-7-26-20)33-9-6-19(31-33)32-10-11-38-22(25(32)36)21(34)23-28-18-3-2-14(17-5-8-27-30-17)12-16(18)24(35)29-23/h2-9,12-13,21-22,34H,10-11H2,1H3,(H,27,30)(H,28,29,35)/t21-,22-/m1/s1. The van der Waals surface area contributed by atoms with Crippen LogP contribution in [0.15, 0.2) is 65.8 Å². The van der Waals surface area contributed by atoms with Crippen molar-refractivity contribution >= 4 is 22.6 Å². The molecule has 0 bridgehead atoms. The molecule has 1 amide bonds. The third-order valence-electron chi connectivity index (χ3n) is 6.27. The lowest BCUT2D eigenvalue weighted by molar-refractivity contribution is -0.143. The number of nitrogens with zero attached hydrogens (tertiary/aromatic N) is 6. The van der Waals surface area contributed by atoms with Gasteiger partial charge in [-0.05, 0) is 24.3 Å². The number of morpholine rings is 1. The van der Waals surface area contributed by atoms with Gasteiger partial charge in [0.25, 0.3) is 11.5 Å². The highest BCUT2D eigenvalue weighted by atomic mass is 16.5. The van der Waals surface area contributed by atoms with Crippen molar-refractivity contribution in [3.63, 3.8) is 0 Å². The van der Waals surface area contributed by atoms with E-state index in [4.69, 9.17) is 9.47 Å². The largest absolute Gasteiger partial charge is 0.481 e. The molecule has 13 nitrogen and oxygen atoms in total. The zero-order chi connectivity index (χ0) is 26.2. The molecule has 5 aromatic rings. The first-order chi connectivity index (χ1) is 18.5. The minimum atomic E-state index is -1.50. The first kappa shape index (κ1) is 23.5. The Hall–Kier alpha value is -4.88. The maximum atomic E-state index is 13.3. The van der Waals surface area contributed by atoms with E-state index in [0.717, 1.165) is 11.3 Å². The molecular formula is C25H22N8O5. The van der Waals surface area contributed by atoms with Crippen molar-refractivity contribution in [1.29, 1.82) is 0 Å². The average molecular weight is 515 g/mol. The van der Waals surface area contributed by atoms with Crippen molar-refractivity contribution < 1.29 is 19.4 Å². The van der Waals surface area contributed by atoms with Crippen LogP contribution in [0.4, 0.5) is 5.82 Å². The fourth-order valence-corrected chi connectivity index (χ4v) is 4.34. The second-order valence-corrected chi connectivity index (χ2v) is 8.55. The van der Waals surface area contributed by atoms with Crippen molar-refractivity contribution in [2.45, 2.75) is 12.2 Å². The molecule has 3 N–H and O–H groups in total. The number of methoxy groups -OCH3 is 1. The summed E-state index contributed by atoms with van der Waals surface area (Å²) in [6, 6.07) is 12.1. The number of aliphatic hydroxyl groups excluding tert-OH is 1. The number of hydrogen-bond acceptors (Lipinski definition) is 9. The van der Waals surface area contributed by atoms with Crippen molar-refractivity contribution in [3.05, 3.63) is 77.2 Å². The second kappa shape index (κ2) is 9.53. The summed E-state index contributed by atoms with van der Waals surface area (Å²) < 4.78 is 12.4. The highest BCUT2D eigenvalue weighted by Gasteiger charge is 2.38. The number of aromatic nitrogens is 7. The molecule has 0 spiro atoms. The van der Waals surface area contributed by atoms with E-state index in [9.17, 15) is 14.7 Å². The SMILES string of the molecule is COc1cc(-n2ccc(N3CCO[C@H]([C@@H](O)c4nc5ccc(-c6ccn[nH]6)cc5c(=O)[nH]4)C3=O)n2)ccn1. The van der Waals surface area contributed by atoms with E-state index in [0.29, 0.717) is 28.3 Å². The lowest BCUT2D eigenvalue weighted by atomic mass is 10.1. The normalized spacial score (nSPS) is 16.6. The fourth-order valence-electron chi connectivity index (χ4n) is 4.34. The van der Waals surface area contributed by atoms with E-state index in [1.54, 1.807) is 65.7 Å². The molecule has 1 saturated heterocycles. The maximum Gasteiger partial charge on any atom is 0.260 e. The van der Waals surface area contributed by atoms with E-state index in [2.05, 4.69) is 30.2 Å². The molecule has 0 aliphatic carbocycles. The van der Waals surface area contributed by atoms with Gasteiger partial charge in [-0.15, -0.1) is 5.10 Å². The third kappa shape index (κ3) is 4.19. The molecule has 13 heteroatoms. The predicted molar refractivity (Wildman–Crippen MR) is 135 cm³/mol. The number of amides is 1. The summed E-state index contributed by atoms with van der Waals surface area (Å²) in [6.07, 6.45) is 2.14. The molecule has 4 aromatic heterocycles. The summed E-state index contributed by atoms with van der Waals surface area (Å²) in [7, 11) is 1.52. The van der Waals surface area contributed by atoms with Gasteiger partial charge < -0.3 is 19.6 Å². The number of hydrogen-bond donors (Lipinski definition) is 3. The number of aliphatic hydroxyl groups is 1. The van der Waals surface area contributed by atoms with E-state index < -0.39 is 23.7 Å². The van der Waals surface area contributed by atoms with Crippen molar-refractivity contribution in [2.75, 3.05) is 25.2 Å². The monoisotopic (exact) mass is 514 g/mol. The summed E-state index contributed by atoms with van der Waals surface area (Å²) in [4.78, 5) is 38.7. The Morgan fingerprint density at radius 1 is 1.16 bits per heavy atom. The molecule has 1 aliphatic rings. The van der Waals surface area contributed by atoms with Crippen LogP contribution in [0.3, 0.4) is 0 Å². The van der Waals surface area contributed by atoms with Crippen LogP contribution in [-0.4, -0.2) is 72.3 Å². The van der Waals surface area contributed by atoms with Gasteiger partial charge in [-0.2, -0.15) is 5.10 Å². The molecule has 5 heterocycles. The van der Waals surface area contributed by atoms with Gasteiger partial charge in [0, 0.05) is 36.3 Å². The van der Waals surface area contributed by atoms with Gasteiger partial charge in [0.05, 0.1) is 42.5 Å². The molecule has 1 fully saturated rings. The summed E-state index contributed by atoms with van der Waals surface area (Å²) in [5.74, 6) is 0.252. The molecular weight excluding hydrogens is 492 g/mol. The number of anilines is 1. The van der Waals surface area contributed by atoms with Crippen LogP contribution in [0.5, 0.6) is 5.88 Å². The van der Waals surface area contributed by atoms with Gasteiger partial charge in [0.1, 0.15) is 11.9 Å². The molecule has 0 unspecified atom stereocenters. The van der Waals surface area contributed by atoms with Crippen LogP contribution < -0.4 is 15.2 Å². The summed E-state index contributed by atoms with van der Waals surface area (Å²) in [5.41, 5.74) is 2.15. The van der Waals surface area contributed by atoms with Crippen LogP contribution in [0.2, 0.25) is 0 Å². The average Bonchev–Trinajstić information content (AvgIpc) is 3.66. The molecule has 1 aromatic carbocycles. The minimum Gasteiger partial charge on any atom is -0.481 e. The first-order valence-electron chi connectivity index (χ1n) is 11.7. The molecule has 2 atom stereocenters. The molecule has 1 aliphatic heterocycles. The van der Waals surface area contributed by atoms with Crippen molar-refractivity contribution in [1.82, 2.24) is 34.9 Å². The van der Waals surface area contributed by atoms with Crippen LogP contribution in [0.25, 0.3) is 27.8 Å². The van der Waals surface area contributed by atoms with Gasteiger partial charge in [0.2, 0.25) is 5.88 Å². The predicted octanol–water partition coefficient (Wildman–Crippen LogP) is 1.37. The van der Waals surface area contributed by atoms with Gasteiger partial charge in [0.15, 0.2) is 11.9 Å². The molecule has 6 rings (SSSR count). The summed E-state index contributed by atoms with van der Waals surface area (Å²) in [6.45, 7) is 0.408. The quantitative estimate of drug-likeness (QED) is 0.303. The van der Waals surface area contributed by atoms with Crippen LogP contribution in [-0.2, 0) is 9.53 Å². The molecule has 0 saturated carbocycles. The van der Waals surface area contributed by atoms with Crippen LogP contribution in [0, 0.1) is 0 Å². The number of carbonyl (C=O) groups is 1. The van der Waals surface area contributed by atoms with E-state index in [-0.39, 0.29) is 19.0 Å². The van der Waals surface area contributed by atoms with E-state index in [1.165, 1.54) is 12.0 Å². The second-order valence-electron chi connectivity index (χ2n) is 8.55. The lowest BCUT2D eigenvalue weighted by Gasteiger charge is -2.32. The Morgan fingerprint density at radius 2 is 2.05 bits per heavy atom. The third-order valence-corrected chi connectivity index (χ3v) is 6.27. The number of benzene rings is 1. The molecule has 38 heavy (non-hydrogen) atoms. The Labute approximate surface area is 214 Å². The van der Waals surface area contributed by atoms with E-state index >= 15 is 0 Å². The smallest absolute Gasteiger partial charge is 0.260 e. The highest BCUT2D eigenvalue weighted by Crippen LogP contribution is 2.26. The first-order valence-corrected chi connectivity index (χ1v) is 11.7. The Morgan fingerprint density at radius 3 is 2.87 bits per heavy atom. The Kier molecular flexibility index (Phi) is 5.90. The maximum absolute atomic E-state index is 13.3. The molecule has 0 radical (unpaired) electrons. The van der Waals surface area contributed by atoms with Gasteiger partial charge in [-0.1, -0.05) is 6.07 Å². The summed E-state index contributed by atoms with van der Waals surface area (Å²) in [5, 5.41) is 22.7. The zero-order valence-electron chi connectivity index (χ0n) is 20.1. The van der Waals surface area contributed by atoms with Crippen LogP contribution >= 0.6 is 0 Å². The number of aromatic amines is 2. The van der Waals surface area contributed by atoms with E-state index in [1.807, 2.05) is 0 Å². The topological polar surface area (TPSA) is 164 Å². The number of nitrogens with one attached hydrogen (secondary N) is 2. The highest BCUT2D eigenvalue weighted by molar-refractivity contribution is 5.97. The fraction of sp³-hybridized carbons (Fsp3) is 0.200. The van der Waals surface area contributed by atoms with Crippen molar-refractivity contribution in [3.8, 4) is 22.8 Å². The number of rotatable bonds is 6. The Balaban J connectivity index is 1.25. The number of ether oxygens (including phenoxy) is 2. The van der Waals surface area contributed by atoms with Crippen LogP contribution in [0.1, 0.15) is 11.9 Å². The number of carbonyl (C=O) groups excluding carboxylic acids is 1. The number of fused-ring (bicyclic) bond motifs is 1. The summed E-state index contributed by atoms with van der Waals surface area (Å²) >= 11 is 0.